The Balaban J connectivity index is 2.81. The summed E-state index contributed by atoms with van der Waals surface area (Å²) in [6.45, 7) is 0. The molecular weight excluding hydrogens is 276 g/mol. The van der Waals surface area contributed by atoms with Crippen molar-refractivity contribution in [3.63, 3.8) is 0 Å². The number of carbonyl (C=O) groups excluding carboxylic acids is 1. The first kappa shape index (κ1) is 14.4. The van der Waals surface area contributed by atoms with E-state index in [-0.39, 0.29) is 11.6 Å². The summed E-state index contributed by atoms with van der Waals surface area (Å²) in [6, 6.07) is 1.91. The molecule has 0 radical (unpaired) electrons. The molecule has 1 rings (SSSR count). The first-order valence-electron chi connectivity index (χ1n) is 4.59. The Hall–Kier alpha value is -1.63. The molecule has 18 heavy (non-hydrogen) atoms. The molecule has 0 spiro atoms. The smallest absolute Gasteiger partial charge is 0.292 e. The van der Waals surface area contributed by atoms with E-state index in [0.29, 0.717) is 12.1 Å². The van der Waals surface area contributed by atoms with Crippen molar-refractivity contribution in [2.24, 2.45) is 5.10 Å². The number of alkyl halides is 4. The summed E-state index contributed by atoms with van der Waals surface area (Å²) >= 11 is 5.17. The number of hydrogen-bond donors (Lipinski definition) is 1. The van der Waals surface area contributed by atoms with Gasteiger partial charge < -0.3 is 0 Å². The van der Waals surface area contributed by atoms with Crippen LogP contribution in [0.25, 0.3) is 0 Å². The van der Waals surface area contributed by atoms with Gasteiger partial charge in [-0.2, -0.15) is 18.3 Å². The van der Waals surface area contributed by atoms with E-state index in [1.54, 1.807) is 0 Å². The van der Waals surface area contributed by atoms with E-state index < -0.39 is 23.3 Å². The van der Waals surface area contributed by atoms with E-state index in [9.17, 15) is 22.4 Å². The Morgan fingerprint density at radius 1 is 1.44 bits per heavy atom. The van der Waals surface area contributed by atoms with Crippen molar-refractivity contribution in [1.29, 1.82) is 0 Å². The third-order valence-electron chi connectivity index (χ3n) is 1.82. The van der Waals surface area contributed by atoms with Crippen molar-refractivity contribution in [3.8, 4) is 0 Å². The molecule has 0 saturated carbocycles. The van der Waals surface area contributed by atoms with E-state index in [0.717, 1.165) is 12.3 Å². The third-order valence-corrected chi connectivity index (χ3v) is 2.09. The Labute approximate surface area is 104 Å². The van der Waals surface area contributed by atoms with Gasteiger partial charge in [-0.25, -0.2) is 4.39 Å². The van der Waals surface area contributed by atoms with Crippen LogP contribution in [0.2, 0.25) is 0 Å². The molecule has 0 aromatic heterocycles. The number of nitrogens with one attached hydrogen (secondary N) is 1. The fourth-order valence-electron chi connectivity index (χ4n) is 0.990. The molecule has 0 atom stereocenters. The highest BCUT2D eigenvalue weighted by Crippen LogP contribution is 2.31. The van der Waals surface area contributed by atoms with Gasteiger partial charge in [0.15, 0.2) is 5.78 Å². The molecule has 98 valence electrons. The first-order chi connectivity index (χ1) is 8.34. The van der Waals surface area contributed by atoms with E-state index in [1.807, 2.05) is 0 Å². The van der Waals surface area contributed by atoms with Gasteiger partial charge in [-0.3, -0.25) is 10.2 Å². The largest absolute Gasteiger partial charge is 0.416 e. The van der Waals surface area contributed by atoms with Gasteiger partial charge in [0.05, 0.1) is 23.3 Å². The fraction of sp³-hybridized carbons (Fsp3) is 0.200. The van der Waals surface area contributed by atoms with Crippen LogP contribution in [0.5, 0.6) is 0 Å². The molecular formula is C10H7ClF4N2O. The van der Waals surface area contributed by atoms with Crippen LogP contribution in [-0.4, -0.2) is 17.9 Å². The highest BCUT2D eigenvalue weighted by molar-refractivity contribution is 6.41. The number of benzene rings is 1. The number of rotatable bonds is 4. The van der Waals surface area contributed by atoms with Crippen LogP contribution >= 0.6 is 11.6 Å². The monoisotopic (exact) mass is 282 g/mol. The summed E-state index contributed by atoms with van der Waals surface area (Å²) < 4.78 is 49.9. The maximum absolute atomic E-state index is 13.2. The highest BCUT2D eigenvalue weighted by Gasteiger charge is 2.31. The van der Waals surface area contributed by atoms with Gasteiger partial charge in [-0.15, -0.1) is 11.6 Å². The van der Waals surface area contributed by atoms with Crippen LogP contribution < -0.4 is 5.43 Å². The third kappa shape index (κ3) is 3.99. The minimum absolute atomic E-state index is 0.276. The second kappa shape index (κ2) is 5.81. The molecule has 0 fully saturated rings. The standard InChI is InChI=1S/C10H7ClF4N2O/c11-4-7(18)5-16-17-9-2-1-6(3-8(9)12)10(13,14)15/h1-3,5,17H,4H2. The Morgan fingerprint density at radius 3 is 2.61 bits per heavy atom. The zero-order valence-corrected chi connectivity index (χ0v) is 9.52. The van der Waals surface area contributed by atoms with Gasteiger partial charge in [-0.05, 0) is 18.2 Å². The minimum Gasteiger partial charge on any atom is -0.292 e. The van der Waals surface area contributed by atoms with E-state index in [4.69, 9.17) is 11.6 Å². The molecule has 1 N–H and O–H groups in total. The predicted octanol–water partition coefficient (Wildman–Crippen LogP) is 3.05. The summed E-state index contributed by atoms with van der Waals surface area (Å²) in [6.07, 6.45) is -3.80. The van der Waals surface area contributed by atoms with Gasteiger partial charge in [0.2, 0.25) is 0 Å². The summed E-state index contributed by atoms with van der Waals surface area (Å²) in [7, 11) is 0. The summed E-state index contributed by atoms with van der Waals surface area (Å²) in [5.74, 6) is -1.93. The van der Waals surface area contributed by atoms with Crippen molar-refractivity contribution in [2.45, 2.75) is 6.18 Å². The first-order valence-corrected chi connectivity index (χ1v) is 5.12. The molecule has 0 heterocycles. The van der Waals surface area contributed by atoms with E-state index in [2.05, 4.69) is 10.5 Å². The summed E-state index contributed by atoms with van der Waals surface area (Å²) in [5, 5.41) is 3.33. The lowest BCUT2D eigenvalue weighted by atomic mass is 10.2. The van der Waals surface area contributed by atoms with Crippen molar-refractivity contribution in [2.75, 3.05) is 11.3 Å². The highest BCUT2D eigenvalue weighted by atomic mass is 35.5. The zero-order chi connectivity index (χ0) is 13.8. The number of anilines is 1. The average Bonchev–Trinajstić information content (AvgIpc) is 2.29. The van der Waals surface area contributed by atoms with Gasteiger partial charge in [0.25, 0.3) is 0 Å². The fourth-order valence-corrected chi connectivity index (χ4v) is 1.06. The summed E-state index contributed by atoms with van der Waals surface area (Å²) in [4.78, 5) is 10.7. The lowest BCUT2D eigenvalue weighted by Gasteiger charge is -2.08. The second-order valence-corrected chi connectivity index (χ2v) is 3.43. The van der Waals surface area contributed by atoms with Gasteiger partial charge in [0, 0.05) is 0 Å². The van der Waals surface area contributed by atoms with Gasteiger partial charge in [-0.1, -0.05) is 0 Å². The molecule has 0 aliphatic rings. The topological polar surface area (TPSA) is 41.5 Å². The minimum atomic E-state index is -4.61. The molecule has 0 aliphatic carbocycles. The number of carbonyl (C=O) groups is 1. The molecule has 1 aromatic carbocycles. The Kier molecular flexibility index (Phi) is 4.66. The zero-order valence-electron chi connectivity index (χ0n) is 8.76. The predicted molar refractivity (Wildman–Crippen MR) is 59.2 cm³/mol. The van der Waals surface area contributed by atoms with E-state index >= 15 is 0 Å². The number of halogens is 5. The SMILES string of the molecule is O=C(C=NNc1ccc(C(F)(F)F)cc1F)CCl. The number of Topliss-reactive ketones (excluding diaryl/α,β-unsaturated/α-hetero) is 1. The number of hydrogen-bond acceptors (Lipinski definition) is 3. The number of ketones is 1. The number of hydrazone groups is 1. The number of nitrogens with zero attached hydrogens (tertiary/aromatic N) is 1. The van der Waals surface area contributed by atoms with Crippen LogP contribution in [0.3, 0.4) is 0 Å². The van der Waals surface area contributed by atoms with Crippen LogP contribution in [0, 0.1) is 5.82 Å². The van der Waals surface area contributed by atoms with Crippen molar-refractivity contribution in [3.05, 3.63) is 29.6 Å². The second-order valence-electron chi connectivity index (χ2n) is 3.16. The van der Waals surface area contributed by atoms with Gasteiger partial charge in [0.1, 0.15) is 5.82 Å². The molecule has 8 heteroatoms. The average molecular weight is 283 g/mol. The molecule has 0 saturated heterocycles. The van der Waals surface area contributed by atoms with Crippen LogP contribution in [-0.2, 0) is 11.0 Å². The van der Waals surface area contributed by atoms with Crippen LogP contribution in [0.1, 0.15) is 5.56 Å². The van der Waals surface area contributed by atoms with Crippen LogP contribution in [0.15, 0.2) is 23.3 Å². The quantitative estimate of drug-likeness (QED) is 0.399. The van der Waals surface area contributed by atoms with E-state index in [1.165, 1.54) is 0 Å². The molecule has 0 unspecified atom stereocenters. The maximum Gasteiger partial charge on any atom is 0.416 e. The maximum atomic E-state index is 13.2. The lowest BCUT2D eigenvalue weighted by Crippen LogP contribution is -2.06. The van der Waals surface area contributed by atoms with Crippen molar-refractivity contribution in [1.82, 2.24) is 0 Å². The Bertz CT molecular complexity index is 473. The molecule has 0 amide bonds. The lowest BCUT2D eigenvalue weighted by molar-refractivity contribution is -0.137. The van der Waals surface area contributed by atoms with Gasteiger partial charge >= 0.3 is 6.18 Å². The molecule has 0 aliphatic heterocycles. The molecule has 1 aromatic rings. The normalized spacial score (nSPS) is 11.8. The van der Waals surface area contributed by atoms with Crippen molar-refractivity contribution >= 4 is 29.3 Å². The Morgan fingerprint density at radius 2 is 2.11 bits per heavy atom. The molecule has 3 nitrogen and oxygen atoms in total. The summed E-state index contributed by atoms with van der Waals surface area (Å²) in [5.41, 5.74) is 0.723. The van der Waals surface area contributed by atoms with Crippen LogP contribution in [0.4, 0.5) is 23.2 Å². The van der Waals surface area contributed by atoms with Crippen molar-refractivity contribution < 1.29 is 22.4 Å². The molecule has 0 bridgehead atoms.